The van der Waals surface area contributed by atoms with E-state index < -0.39 is 37.8 Å². The second-order valence-corrected chi connectivity index (χ2v) is 18.5. The van der Waals surface area contributed by atoms with Crippen molar-refractivity contribution in [2.45, 2.75) is 181 Å². The number of Topliss-reactive ketones (excluding diaryl/α,β-unsaturated/α-hetero) is 1. The quantitative estimate of drug-likeness (QED) is 0.0224. The third-order valence-electron chi connectivity index (χ3n) is 10.5. The summed E-state index contributed by atoms with van der Waals surface area (Å²) in [5.74, 6) is -1.72. The number of hydrogen-bond donors (Lipinski definition) is 0. The second-order valence-electron chi connectivity index (χ2n) is 15.8. The van der Waals surface area contributed by atoms with Crippen molar-refractivity contribution in [3.05, 3.63) is 56.8 Å². The Kier molecular flexibility index (Phi) is 33.9. The molecule has 0 saturated heterocycles. The van der Waals surface area contributed by atoms with Crippen LogP contribution >= 0.6 is 0 Å². The number of ketones is 1. The maximum Gasteiger partial charge on any atom is 0.500 e. The van der Waals surface area contributed by atoms with E-state index in [1.165, 1.54) is 4.57 Å². The van der Waals surface area contributed by atoms with Gasteiger partial charge in [-0.05, 0) is 72.1 Å². The molecule has 0 atom stereocenters. The number of esters is 4. The van der Waals surface area contributed by atoms with Gasteiger partial charge in [0.1, 0.15) is 32.2 Å². The fourth-order valence-electron chi connectivity index (χ4n) is 7.17. The molecule has 1 heterocycles. The fourth-order valence-corrected chi connectivity index (χ4v) is 9.85. The van der Waals surface area contributed by atoms with Gasteiger partial charge in [-0.15, -0.1) is 0 Å². The van der Waals surface area contributed by atoms with Crippen LogP contribution in [-0.2, 0) is 75.8 Å². The Balaban J connectivity index is 2.70. The predicted molar refractivity (Wildman–Crippen MR) is 251 cm³/mol. The SMILES string of the molecule is C=CC(=O)OCCOC(=O)CCCCCCCn1c(=O)n(CCCCCCCC(=O)CCCC[Si](OCC)(OCC)OCC)c(=O)n(CCCCCCCC(=O)OCCOC(=O)C=C)c1=O. The van der Waals surface area contributed by atoms with Crippen LogP contribution in [0.15, 0.2) is 39.7 Å². The van der Waals surface area contributed by atoms with Gasteiger partial charge in [0.25, 0.3) is 0 Å². The van der Waals surface area contributed by atoms with Gasteiger partial charge in [0, 0.05) is 83.3 Å². The van der Waals surface area contributed by atoms with E-state index in [0.717, 1.165) is 85.5 Å². The van der Waals surface area contributed by atoms with Gasteiger partial charge in [-0.3, -0.25) is 14.4 Å². The van der Waals surface area contributed by atoms with Crippen LogP contribution in [0.25, 0.3) is 0 Å². The van der Waals surface area contributed by atoms with Crippen molar-refractivity contribution in [3.63, 3.8) is 0 Å². The van der Waals surface area contributed by atoms with Crippen LogP contribution in [0.3, 0.4) is 0 Å². The van der Waals surface area contributed by atoms with Gasteiger partial charge >= 0.3 is 49.8 Å². The highest BCUT2D eigenvalue weighted by Crippen LogP contribution is 2.20. The number of carbonyl (C=O) groups is 5. The molecule has 18 nitrogen and oxygen atoms in total. The van der Waals surface area contributed by atoms with Gasteiger partial charge in [0.2, 0.25) is 0 Å². The number of unbranched alkanes of at least 4 members (excludes halogenated alkanes) is 13. The van der Waals surface area contributed by atoms with Crippen molar-refractivity contribution in [3.8, 4) is 0 Å². The summed E-state index contributed by atoms with van der Waals surface area (Å²) in [4.78, 5) is 99.5. The van der Waals surface area contributed by atoms with E-state index in [4.69, 9.17) is 32.2 Å². The van der Waals surface area contributed by atoms with Gasteiger partial charge in [-0.2, -0.15) is 0 Å². The standard InChI is InChI=1S/C47H79N3O15Si/c1-6-41(52)59-35-37-61-43(54)30-21-15-12-18-25-33-49-45(56)48(32-24-17-11-14-20-28-40(51)29-23-27-39-66(63-8-3,64-9-4)65-10-5)46(57)50(47(49)58)34-26-19-13-16-22-31-44(55)62-38-36-60-42(53)7-2/h6-7H,1-2,8-39H2,3-5H3. The van der Waals surface area contributed by atoms with Crippen molar-refractivity contribution in [1.82, 2.24) is 13.7 Å². The third kappa shape index (κ3) is 26.6. The Hall–Kier alpha value is -4.46. The topological polar surface area (TPSA) is 216 Å². The zero-order valence-corrected chi connectivity index (χ0v) is 41.2. The predicted octanol–water partition coefficient (Wildman–Crippen LogP) is 6.53. The smallest absolute Gasteiger partial charge is 0.462 e. The summed E-state index contributed by atoms with van der Waals surface area (Å²) in [6, 6.07) is 0.687. The summed E-state index contributed by atoms with van der Waals surface area (Å²) in [6.45, 7) is 14.3. The molecule has 0 unspecified atom stereocenters. The lowest BCUT2D eigenvalue weighted by molar-refractivity contribution is -0.149. The van der Waals surface area contributed by atoms with E-state index in [9.17, 15) is 38.4 Å². The van der Waals surface area contributed by atoms with E-state index in [0.29, 0.717) is 83.7 Å². The maximum absolute atomic E-state index is 13.6. The minimum Gasteiger partial charge on any atom is -0.462 e. The third-order valence-corrected chi connectivity index (χ3v) is 13.7. The first-order chi connectivity index (χ1) is 31.9. The average molecular weight is 954 g/mol. The highest BCUT2D eigenvalue weighted by molar-refractivity contribution is 6.60. The van der Waals surface area contributed by atoms with Gasteiger partial charge < -0.3 is 32.2 Å². The molecule has 0 amide bonds. The van der Waals surface area contributed by atoms with Crippen LogP contribution in [0.2, 0.25) is 6.04 Å². The van der Waals surface area contributed by atoms with Gasteiger partial charge in [-0.25, -0.2) is 37.7 Å². The highest BCUT2D eigenvalue weighted by Gasteiger charge is 2.39. The molecule has 0 aliphatic carbocycles. The molecule has 0 aliphatic rings. The summed E-state index contributed by atoms with van der Waals surface area (Å²) >= 11 is 0. The molecule has 0 aliphatic heterocycles. The molecule has 0 N–H and O–H groups in total. The summed E-state index contributed by atoms with van der Waals surface area (Å²) in [5, 5.41) is 0. The molecule has 1 rings (SSSR count). The lowest BCUT2D eigenvalue weighted by Crippen LogP contribution is -2.54. The van der Waals surface area contributed by atoms with Crippen LogP contribution in [0.4, 0.5) is 0 Å². The van der Waals surface area contributed by atoms with Crippen molar-refractivity contribution in [2.75, 3.05) is 46.2 Å². The fraction of sp³-hybridized carbons (Fsp3) is 0.745. The van der Waals surface area contributed by atoms with Crippen molar-refractivity contribution >= 4 is 38.5 Å². The first kappa shape index (κ1) is 59.6. The number of aromatic nitrogens is 3. The number of ether oxygens (including phenoxy) is 4. The number of nitrogens with zero attached hydrogens (tertiary/aromatic N) is 3. The van der Waals surface area contributed by atoms with Crippen LogP contribution < -0.4 is 17.1 Å². The summed E-state index contributed by atoms with van der Waals surface area (Å²) in [7, 11) is -2.71. The first-order valence-electron chi connectivity index (χ1n) is 24.2. The van der Waals surface area contributed by atoms with Crippen LogP contribution in [0.5, 0.6) is 0 Å². The Morgan fingerprint density at radius 1 is 0.439 bits per heavy atom. The van der Waals surface area contributed by atoms with E-state index in [1.807, 2.05) is 20.8 Å². The van der Waals surface area contributed by atoms with Gasteiger partial charge in [0.15, 0.2) is 0 Å². The zero-order valence-electron chi connectivity index (χ0n) is 40.2. The molecule has 0 spiro atoms. The Bertz CT molecular complexity index is 1660. The maximum atomic E-state index is 13.6. The van der Waals surface area contributed by atoms with E-state index in [-0.39, 0.29) is 76.6 Å². The molecule has 0 fully saturated rings. The molecule has 0 aromatic carbocycles. The van der Waals surface area contributed by atoms with E-state index in [1.54, 1.807) is 0 Å². The molecule has 0 radical (unpaired) electrons. The number of carbonyl (C=O) groups excluding carboxylic acids is 5. The van der Waals surface area contributed by atoms with Crippen molar-refractivity contribution in [1.29, 1.82) is 0 Å². The molecule has 66 heavy (non-hydrogen) atoms. The average Bonchev–Trinajstić information content (AvgIpc) is 3.29. The van der Waals surface area contributed by atoms with Crippen molar-refractivity contribution < 1.29 is 56.2 Å². The Labute approximate surface area is 391 Å². The second kappa shape index (κ2) is 37.6. The van der Waals surface area contributed by atoms with Crippen LogP contribution in [-0.4, -0.2) is 98.4 Å². The largest absolute Gasteiger partial charge is 0.500 e. The highest BCUT2D eigenvalue weighted by atomic mass is 28.4. The normalized spacial score (nSPS) is 11.3. The summed E-state index contributed by atoms with van der Waals surface area (Å²) < 4.78 is 40.9. The molecule has 376 valence electrons. The molecule has 19 heteroatoms. The first-order valence-corrected chi connectivity index (χ1v) is 26.1. The van der Waals surface area contributed by atoms with Crippen LogP contribution in [0, 0.1) is 0 Å². The Morgan fingerprint density at radius 2 is 0.742 bits per heavy atom. The molecule has 1 aromatic heterocycles. The van der Waals surface area contributed by atoms with Gasteiger partial charge in [0.05, 0.1) is 0 Å². The van der Waals surface area contributed by atoms with E-state index in [2.05, 4.69) is 13.2 Å². The minimum absolute atomic E-state index is 0.0293. The Morgan fingerprint density at radius 3 is 1.09 bits per heavy atom. The lowest BCUT2D eigenvalue weighted by Gasteiger charge is -2.28. The number of rotatable bonds is 43. The lowest BCUT2D eigenvalue weighted by atomic mass is 10.1. The molecule has 1 aromatic rings. The minimum atomic E-state index is -2.71. The summed E-state index contributed by atoms with van der Waals surface area (Å²) in [6.07, 6.45) is 15.5. The monoisotopic (exact) mass is 954 g/mol. The van der Waals surface area contributed by atoms with Crippen LogP contribution in [0.1, 0.15) is 156 Å². The molecular formula is C47H79N3O15Si. The van der Waals surface area contributed by atoms with Gasteiger partial charge in [-0.1, -0.05) is 70.9 Å². The van der Waals surface area contributed by atoms with Crippen molar-refractivity contribution in [2.24, 2.45) is 0 Å². The number of hydrogen-bond acceptors (Lipinski definition) is 15. The summed E-state index contributed by atoms with van der Waals surface area (Å²) in [5.41, 5.74) is -1.88. The molecule has 0 saturated carbocycles. The molecule has 0 bridgehead atoms. The van der Waals surface area contributed by atoms with E-state index >= 15 is 0 Å². The zero-order chi connectivity index (χ0) is 48.8. The molecular weight excluding hydrogens is 875 g/mol.